The molecule has 2 rings (SSSR count). The fourth-order valence-corrected chi connectivity index (χ4v) is 2.57. The number of esters is 1. The van der Waals surface area contributed by atoms with E-state index in [1.807, 2.05) is 0 Å². The molecule has 0 aromatic heterocycles. The van der Waals surface area contributed by atoms with Crippen LogP contribution in [0.15, 0.2) is 12.1 Å². The molecule has 21 heavy (non-hydrogen) atoms. The van der Waals surface area contributed by atoms with E-state index in [-0.39, 0.29) is 24.3 Å². The minimum atomic E-state index is -1.60. The van der Waals surface area contributed by atoms with E-state index in [9.17, 15) is 22.8 Å². The van der Waals surface area contributed by atoms with Crippen molar-refractivity contribution in [3.8, 4) is 0 Å². The van der Waals surface area contributed by atoms with Crippen LogP contribution in [-0.2, 0) is 14.3 Å². The van der Waals surface area contributed by atoms with E-state index in [0.717, 1.165) is 17.0 Å². The number of hydrogen-bond acceptors (Lipinski definition) is 3. The van der Waals surface area contributed by atoms with Gasteiger partial charge in [-0.25, -0.2) is 18.0 Å². The molecule has 1 saturated heterocycles. The molecule has 0 N–H and O–H groups in total. The zero-order chi connectivity index (χ0) is 15.7. The lowest BCUT2D eigenvalue weighted by molar-refractivity contribution is -0.150. The summed E-state index contributed by atoms with van der Waals surface area (Å²) in [4.78, 5) is 24.7. The topological polar surface area (TPSA) is 46.6 Å². The molecule has 2 atom stereocenters. The quantitative estimate of drug-likeness (QED) is 0.636. The van der Waals surface area contributed by atoms with Crippen LogP contribution in [0.3, 0.4) is 0 Å². The van der Waals surface area contributed by atoms with Crippen LogP contribution in [0.25, 0.3) is 0 Å². The summed E-state index contributed by atoms with van der Waals surface area (Å²) in [5.41, 5.74) is -0.182. The van der Waals surface area contributed by atoms with Gasteiger partial charge in [-0.3, -0.25) is 4.79 Å². The Labute approximate surface area is 119 Å². The second-order valence-electron chi connectivity index (χ2n) is 4.82. The Morgan fingerprint density at radius 1 is 1.33 bits per heavy atom. The predicted octanol–water partition coefficient (Wildman–Crippen LogP) is 2.33. The summed E-state index contributed by atoms with van der Waals surface area (Å²) in [5, 5.41) is 0. The first kappa shape index (κ1) is 15.3. The molecule has 1 amide bonds. The van der Waals surface area contributed by atoms with E-state index < -0.39 is 35.5 Å². The van der Waals surface area contributed by atoms with Crippen LogP contribution in [0.1, 0.15) is 31.4 Å². The molecule has 1 aliphatic heterocycles. The number of halogens is 3. The molecule has 7 heteroatoms. The second-order valence-corrected chi connectivity index (χ2v) is 4.82. The van der Waals surface area contributed by atoms with Crippen LogP contribution in [0, 0.1) is 17.5 Å². The van der Waals surface area contributed by atoms with Gasteiger partial charge in [0.1, 0.15) is 6.04 Å². The first-order valence-electron chi connectivity index (χ1n) is 6.40. The number of carbonyl (C=O) groups excluding carboxylic acids is 2. The Balaban J connectivity index is 2.38. The van der Waals surface area contributed by atoms with E-state index in [0.29, 0.717) is 0 Å². The van der Waals surface area contributed by atoms with Crippen molar-refractivity contribution < 1.29 is 27.5 Å². The number of methoxy groups -OCH3 is 1. The fourth-order valence-electron chi connectivity index (χ4n) is 2.57. The van der Waals surface area contributed by atoms with Gasteiger partial charge < -0.3 is 9.64 Å². The Kier molecular flexibility index (Phi) is 4.20. The highest BCUT2D eigenvalue weighted by atomic mass is 19.2. The lowest BCUT2D eigenvalue weighted by atomic mass is 10.0. The third-order valence-corrected chi connectivity index (χ3v) is 3.66. The largest absolute Gasteiger partial charge is 0.467 e. The number of likely N-dealkylation sites (tertiary alicyclic amines) is 1. The third kappa shape index (κ3) is 2.59. The van der Waals surface area contributed by atoms with Gasteiger partial charge in [-0.1, -0.05) is 6.07 Å². The van der Waals surface area contributed by atoms with Gasteiger partial charge in [-0.15, -0.1) is 0 Å². The Morgan fingerprint density at radius 3 is 2.62 bits per heavy atom. The average Bonchev–Trinajstić information content (AvgIpc) is 2.85. The standard InChI is InChI=1S/C14H14F3NO3/c1-7(8-3-4-9(15)13(17)12(8)16)18-10(14(20)21-2)5-6-11(18)19/h3-4,7,10H,5-6H2,1-2H3. The third-order valence-electron chi connectivity index (χ3n) is 3.66. The zero-order valence-electron chi connectivity index (χ0n) is 11.5. The van der Waals surface area contributed by atoms with Crippen molar-refractivity contribution in [2.75, 3.05) is 7.11 Å². The normalized spacial score (nSPS) is 19.8. The Bertz CT molecular complexity index is 591. The molecule has 1 aliphatic rings. The van der Waals surface area contributed by atoms with Gasteiger partial charge in [0.2, 0.25) is 5.91 Å². The first-order valence-corrected chi connectivity index (χ1v) is 6.40. The van der Waals surface area contributed by atoms with Crippen molar-refractivity contribution in [1.82, 2.24) is 4.90 Å². The van der Waals surface area contributed by atoms with Gasteiger partial charge >= 0.3 is 5.97 Å². The predicted molar refractivity (Wildman–Crippen MR) is 66.6 cm³/mol. The molecule has 0 saturated carbocycles. The van der Waals surface area contributed by atoms with Crippen molar-refractivity contribution in [3.05, 3.63) is 35.1 Å². The molecule has 114 valence electrons. The summed E-state index contributed by atoms with van der Waals surface area (Å²) in [6.45, 7) is 1.45. The SMILES string of the molecule is COC(=O)C1CCC(=O)N1C(C)c1ccc(F)c(F)c1F. The minimum Gasteiger partial charge on any atom is -0.467 e. The van der Waals surface area contributed by atoms with Gasteiger partial charge in [-0.2, -0.15) is 0 Å². The van der Waals surface area contributed by atoms with Gasteiger partial charge in [-0.05, 0) is 19.4 Å². The molecule has 1 fully saturated rings. The van der Waals surface area contributed by atoms with E-state index in [2.05, 4.69) is 4.74 Å². The molecular formula is C14H14F3NO3. The summed E-state index contributed by atoms with van der Waals surface area (Å²) in [6, 6.07) is 0.111. The fraction of sp³-hybridized carbons (Fsp3) is 0.429. The lowest BCUT2D eigenvalue weighted by Gasteiger charge is -2.30. The second kappa shape index (κ2) is 5.75. The van der Waals surface area contributed by atoms with Crippen molar-refractivity contribution in [1.29, 1.82) is 0 Å². The summed E-state index contributed by atoms with van der Waals surface area (Å²) in [5.74, 6) is -5.23. The van der Waals surface area contributed by atoms with Crippen molar-refractivity contribution >= 4 is 11.9 Å². The average molecular weight is 301 g/mol. The molecular weight excluding hydrogens is 287 g/mol. The maximum Gasteiger partial charge on any atom is 0.328 e. The highest BCUT2D eigenvalue weighted by Crippen LogP contribution is 2.32. The monoisotopic (exact) mass is 301 g/mol. The summed E-state index contributed by atoms with van der Waals surface area (Å²) < 4.78 is 44.7. The smallest absolute Gasteiger partial charge is 0.328 e. The Morgan fingerprint density at radius 2 is 2.00 bits per heavy atom. The highest BCUT2D eigenvalue weighted by Gasteiger charge is 2.40. The summed E-state index contributed by atoms with van der Waals surface area (Å²) in [6.07, 6.45) is 0.372. The number of carbonyl (C=O) groups is 2. The first-order chi connectivity index (χ1) is 9.88. The molecule has 0 aliphatic carbocycles. The molecule has 0 bridgehead atoms. The van der Waals surface area contributed by atoms with E-state index in [4.69, 9.17) is 0 Å². The Hall–Kier alpha value is -2.05. The van der Waals surface area contributed by atoms with Crippen molar-refractivity contribution in [3.63, 3.8) is 0 Å². The summed E-state index contributed by atoms with van der Waals surface area (Å²) >= 11 is 0. The number of benzene rings is 1. The van der Waals surface area contributed by atoms with Crippen LogP contribution < -0.4 is 0 Å². The summed E-state index contributed by atoms with van der Waals surface area (Å²) in [7, 11) is 1.19. The molecule has 1 aromatic carbocycles. The van der Waals surface area contributed by atoms with Crippen LogP contribution in [0.2, 0.25) is 0 Å². The van der Waals surface area contributed by atoms with E-state index in [1.54, 1.807) is 0 Å². The van der Waals surface area contributed by atoms with Crippen LogP contribution in [0.5, 0.6) is 0 Å². The number of hydrogen-bond donors (Lipinski definition) is 0. The van der Waals surface area contributed by atoms with E-state index >= 15 is 0 Å². The van der Waals surface area contributed by atoms with Crippen LogP contribution in [0.4, 0.5) is 13.2 Å². The van der Waals surface area contributed by atoms with Crippen LogP contribution >= 0.6 is 0 Å². The molecule has 4 nitrogen and oxygen atoms in total. The molecule has 1 aromatic rings. The number of amides is 1. The number of ether oxygens (including phenoxy) is 1. The van der Waals surface area contributed by atoms with Crippen molar-refractivity contribution in [2.24, 2.45) is 0 Å². The van der Waals surface area contributed by atoms with E-state index in [1.165, 1.54) is 14.0 Å². The number of nitrogens with zero attached hydrogens (tertiary/aromatic N) is 1. The van der Waals surface area contributed by atoms with Crippen LogP contribution in [-0.4, -0.2) is 29.9 Å². The highest BCUT2D eigenvalue weighted by molar-refractivity contribution is 5.88. The minimum absolute atomic E-state index is 0.120. The molecule has 1 heterocycles. The maximum absolute atomic E-state index is 13.8. The number of rotatable bonds is 3. The molecule has 2 unspecified atom stereocenters. The van der Waals surface area contributed by atoms with Gasteiger partial charge in [0.25, 0.3) is 0 Å². The zero-order valence-corrected chi connectivity index (χ0v) is 11.5. The van der Waals surface area contributed by atoms with Gasteiger partial charge in [0, 0.05) is 12.0 Å². The molecule has 0 spiro atoms. The van der Waals surface area contributed by atoms with Crippen molar-refractivity contribution in [2.45, 2.75) is 31.8 Å². The lowest BCUT2D eigenvalue weighted by Crippen LogP contribution is -2.41. The maximum atomic E-state index is 13.8. The molecule has 0 radical (unpaired) electrons. The van der Waals surface area contributed by atoms with Gasteiger partial charge in [0.15, 0.2) is 17.5 Å². The van der Waals surface area contributed by atoms with Gasteiger partial charge in [0.05, 0.1) is 13.2 Å².